The first kappa shape index (κ1) is 11.2. The molecule has 0 unspecified atom stereocenters. The van der Waals surface area contributed by atoms with E-state index in [1.54, 1.807) is 0 Å². The van der Waals surface area contributed by atoms with Gasteiger partial charge < -0.3 is 4.90 Å². The molecule has 1 aliphatic heterocycles. The van der Waals surface area contributed by atoms with E-state index >= 15 is 0 Å². The zero-order valence-electron chi connectivity index (χ0n) is 9.46. The van der Waals surface area contributed by atoms with Crippen molar-refractivity contribution in [3.63, 3.8) is 0 Å². The van der Waals surface area contributed by atoms with Gasteiger partial charge in [-0.1, -0.05) is 19.4 Å². The maximum absolute atomic E-state index is 2.51. The van der Waals surface area contributed by atoms with Crippen molar-refractivity contribution >= 4 is 28.3 Å². The first-order valence-corrected chi connectivity index (χ1v) is 6.79. The summed E-state index contributed by atoms with van der Waals surface area (Å²) in [5.41, 5.74) is 2.85. The van der Waals surface area contributed by atoms with Gasteiger partial charge in [0.25, 0.3) is 0 Å². The SMILES string of the molecule is CCCC1CN(c2cc(I)ccc2C)C1. The van der Waals surface area contributed by atoms with Gasteiger partial charge in [-0.2, -0.15) is 0 Å². The summed E-state index contributed by atoms with van der Waals surface area (Å²) in [5, 5.41) is 0. The number of anilines is 1. The highest BCUT2D eigenvalue weighted by Gasteiger charge is 2.26. The van der Waals surface area contributed by atoms with Gasteiger partial charge in [-0.25, -0.2) is 0 Å². The molecule has 1 aromatic rings. The van der Waals surface area contributed by atoms with Crippen molar-refractivity contribution in [2.75, 3.05) is 18.0 Å². The molecule has 0 saturated carbocycles. The monoisotopic (exact) mass is 315 g/mol. The lowest BCUT2D eigenvalue weighted by Gasteiger charge is -2.42. The van der Waals surface area contributed by atoms with Gasteiger partial charge in [0.05, 0.1) is 0 Å². The molecule has 1 fully saturated rings. The second-order valence-corrected chi connectivity index (χ2v) is 5.74. The third-order valence-electron chi connectivity index (χ3n) is 3.17. The topological polar surface area (TPSA) is 3.24 Å². The maximum atomic E-state index is 2.51. The zero-order valence-corrected chi connectivity index (χ0v) is 11.6. The molecule has 0 amide bonds. The fraction of sp³-hybridized carbons (Fsp3) is 0.538. The Hall–Kier alpha value is -0.250. The lowest BCUT2D eigenvalue weighted by atomic mass is 9.94. The van der Waals surface area contributed by atoms with Crippen molar-refractivity contribution in [2.45, 2.75) is 26.7 Å². The molecule has 1 heterocycles. The van der Waals surface area contributed by atoms with E-state index in [9.17, 15) is 0 Å². The molecule has 0 aliphatic carbocycles. The molecule has 0 aromatic heterocycles. The van der Waals surface area contributed by atoms with Crippen molar-refractivity contribution in [1.82, 2.24) is 0 Å². The summed E-state index contributed by atoms with van der Waals surface area (Å²) in [4.78, 5) is 2.51. The number of hydrogen-bond acceptors (Lipinski definition) is 1. The van der Waals surface area contributed by atoms with Crippen LogP contribution in [0.25, 0.3) is 0 Å². The Morgan fingerprint density at radius 2 is 2.13 bits per heavy atom. The Bertz CT molecular complexity index is 342. The molecule has 15 heavy (non-hydrogen) atoms. The minimum absolute atomic E-state index is 0.937. The van der Waals surface area contributed by atoms with Crippen LogP contribution < -0.4 is 4.90 Å². The lowest BCUT2D eigenvalue weighted by Crippen LogP contribution is -2.47. The van der Waals surface area contributed by atoms with Crippen molar-refractivity contribution in [3.05, 3.63) is 27.3 Å². The average molecular weight is 315 g/mol. The number of benzene rings is 1. The van der Waals surface area contributed by atoms with Gasteiger partial charge in [0.15, 0.2) is 0 Å². The van der Waals surface area contributed by atoms with Crippen LogP contribution in [0, 0.1) is 16.4 Å². The van der Waals surface area contributed by atoms with Gasteiger partial charge in [0, 0.05) is 22.3 Å². The summed E-state index contributed by atoms with van der Waals surface area (Å²) >= 11 is 2.39. The first-order valence-electron chi connectivity index (χ1n) is 5.71. The predicted molar refractivity (Wildman–Crippen MR) is 74.5 cm³/mol. The van der Waals surface area contributed by atoms with Crippen LogP contribution in [0.2, 0.25) is 0 Å². The van der Waals surface area contributed by atoms with E-state index in [1.807, 2.05) is 0 Å². The Morgan fingerprint density at radius 1 is 1.40 bits per heavy atom. The van der Waals surface area contributed by atoms with Gasteiger partial charge >= 0.3 is 0 Å². The molecule has 1 nitrogen and oxygen atoms in total. The van der Waals surface area contributed by atoms with E-state index in [1.165, 1.54) is 40.8 Å². The highest BCUT2D eigenvalue weighted by molar-refractivity contribution is 14.1. The quantitative estimate of drug-likeness (QED) is 0.766. The van der Waals surface area contributed by atoms with Gasteiger partial charge in [-0.3, -0.25) is 0 Å². The summed E-state index contributed by atoms with van der Waals surface area (Å²) in [7, 11) is 0. The van der Waals surface area contributed by atoms with Crippen LogP contribution in [-0.2, 0) is 0 Å². The summed E-state index contributed by atoms with van der Waals surface area (Å²) in [6.07, 6.45) is 2.71. The largest absolute Gasteiger partial charge is 0.371 e. The minimum Gasteiger partial charge on any atom is -0.371 e. The standard InChI is InChI=1S/C13H18IN/c1-3-4-11-8-15(9-11)13-7-12(14)6-5-10(13)2/h5-7,11H,3-4,8-9H2,1-2H3. The van der Waals surface area contributed by atoms with Gasteiger partial charge in [-0.15, -0.1) is 0 Å². The molecule has 1 aliphatic rings. The molecule has 0 radical (unpaired) electrons. The molecule has 2 rings (SSSR count). The summed E-state index contributed by atoms with van der Waals surface area (Å²) in [5.74, 6) is 0.937. The normalized spacial score (nSPS) is 16.6. The molecule has 0 bridgehead atoms. The Labute approximate surface area is 106 Å². The van der Waals surface area contributed by atoms with Crippen LogP contribution in [0.5, 0.6) is 0 Å². The van der Waals surface area contributed by atoms with Crippen LogP contribution in [-0.4, -0.2) is 13.1 Å². The van der Waals surface area contributed by atoms with Crippen molar-refractivity contribution < 1.29 is 0 Å². The van der Waals surface area contributed by atoms with E-state index in [0.29, 0.717) is 0 Å². The molecule has 82 valence electrons. The molecule has 1 aromatic carbocycles. The Kier molecular flexibility index (Phi) is 3.54. The Morgan fingerprint density at radius 3 is 2.80 bits per heavy atom. The molecule has 2 heteroatoms. The number of hydrogen-bond donors (Lipinski definition) is 0. The third-order valence-corrected chi connectivity index (χ3v) is 3.84. The van der Waals surface area contributed by atoms with Crippen molar-refractivity contribution in [3.8, 4) is 0 Å². The van der Waals surface area contributed by atoms with Crippen LogP contribution >= 0.6 is 22.6 Å². The summed E-state index contributed by atoms with van der Waals surface area (Å²) in [6, 6.07) is 6.71. The number of aryl methyl sites for hydroxylation is 1. The van der Waals surface area contributed by atoms with Crippen LogP contribution in [0.1, 0.15) is 25.3 Å². The highest BCUT2D eigenvalue weighted by Crippen LogP contribution is 2.30. The molecule has 0 spiro atoms. The molecular weight excluding hydrogens is 297 g/mol. The number of rotatable bonds is 3. The van der Waals surface area contributed by atoms with Gasteiger partial charge in [0.1, 0.15) is 0 Å². The average Bonchev–Trinajstić information content (AvgIpc) is 2.15. The van der Waals surface area contributed by atoms with Crippen molar-refractivity contribution in [1.29, 1.82) is 0 Å². The van der Waals surface area contributed by atoms with Crippen LogP contribution in [0.3, 0.4) is 0 Å². The van der Waals surface area contributed by atoms with E-state index in [2.05, 4.69) is 59.5 Å². The highest BCUT2D eigenvalue weighted by atomic mass is 127. The minimum atomic E-state index is 0.937. The van der Waals surface area contributed by atoms with E-state index in [0.717, 1.165) is 5.92 Å². The molecule has 0 N–H and O–H groups in total. The number of nitrogens with zero attached hydrogens (tertiary/aromatic N) is 1. The van der Waals surface area contributed by atoms with E-state index < -0.39 is 0 Å². The maximum Gasteiger partial charge on any atom is 0.0406 e. The smallest absolute Gasteiger partial charge is 0.0406 e. The second kappa shape index (κ2) is 4.73. The molecular formula is C13H18IN. The lowest BCUT2D eigenvalue weighted by molar-refractivity contribution is 0.380. The van der Waals surface area contributed by atoms with Crippen molar-refractivity contribution in [2.24, 2.45) is 5.92 Å². The van der Waals surface area contributed by atoms with Gasteiger partial charge in [-0.05, 0) is 59.5 Å². The van der Waals surface area contributed by atoms with E-state index in [4.69, 9.17) is 0 Å². The summed E-state index contributed by atoms with van der Waals surface area (Å²) < 4.78 is 1.34. The predicted octanol–water partition coefficient (Wildman–Crippen LogP) is 3.84. The fourth-order valence-corrected chi connectivity index (χ4v) is 2.76. The summed E-state index contributed by atoms with van der Waals surface area (Å²) in [6.45, 7) is 7.00. The number of halogens is 1. The van der Waals surface area contributed by atoms with Crippen LogP contribution in [0.4, 0.5) is 5.69 Å². The van der Waals surface area contributed by atoms with Crippen LogP contribution in [0.15, 0.2) is 18.2 Å². The molecule has 0 atom stereocenters. The second-order valence-electron chi connectivity index (χ2n) is 4.49. The third kappa shape index (κ3) is 2.47. The van der Waals surface area contributed by atoms with Gasteiger partial charge in [0.2, 0.25) is 0 Å². The fourth-order valence-electron chi connectivity index (χ4n) is 2.28. The van der Waals surface area contributed by atoms with E-state index in [-0.39, 0.29) is 0 Å². The molecule has 1 saturated heterocycles. The Balaban J connectivity index is 2.03. The first-order chi connectivity index (χ1) is 7.20. The zero-order chi connectivity index (χ0) is 10.8.